The molecule has 298 valence electrons. The average Bonchev–Trinajstić information content (AvgIpc) is 3.09. The third-order valence-electron chi connectivity index (χ3n) is 9.39. The Morgan fingerprint density at radius 2 is 1.08 bits per heavy atom. The summed E-state index contributed by atoms with van der Waals surface area (Å²) < 4.78 is 17.4. The van der Waals surface area contributed by atoms with E-state index >= 15 is 0 Å². The maximum Gasteiger partial charge on any atom is 0.306 e. The van der Waals surface area contributed by atoms with Gasteiger partial charge in [-0.25, -0.2) is 0 Å². The molecule has 0 rings (SSSR count). The minimum atomic E-state index is -0.162. The van der Waals surface area contributed by atoms with Crippen molar-refractivity contribution in [2.24, 2.45) is 5.92 Å². The molecule has 0 N–H and O–H groups in total. The third-order valence-corrected chi connectivity index (χ3v) is 9.39. The summed E-state index contributed by atoms with van der Waals surface area (Å²) in [6, 6.07) is 0. The van der Waals surface area contributed by atoms with Crippen molar-refractivity contribution >= 4 is 18.2 Å². The standard InChI is InChI=1S/C44H81NO6/c1-7-9-11-13-16-22-29-39(3)49-38-41(37-46)31-24-20-21-26-33-42(51-44(48)35-28-36-45(5)6)32-25-18-15-19-27-34-43(47)50-40(4)30-23-17-14-12-10-8-2/h22-23,29-30,37,39-42H,7-21,24-28,31-36,38H2,1-6H3. The highest BCUT2D eigenvalue weighted by Crippen LogP contribution is 2.19. The van der Waals surface area contributed by atoms with Crippen molar-refractivity contribution in [3.8, 4) is 0 Å². The summed E-state index contributed by atoms with van der Waals surface area (Å²) in [6.45, 7) is 9.79. The van der Waals surface area contributed by atoms with Crippen molar-refractivity contribution < 1.29 is 28.6 Å². The molecule has 0 radical (unpaired) electrons. The molecule has 4 atom stereocenters. The number of esters is 2. The van der Waals surface area contributed by atoms with Crippen molar-refractivity contribution in [3.63, 3.8) is 0 Å². The van der Waals surface area contributed by atoms with Gasteiger partial charge in [0.1, 0.15) is 18.5 Å². The van der Waals surface area contributed by atoms with E-state index in [4.69, 9.17) is 14.2 Å². The van der Waals surface area contributed by atoms with Crippen LogP contribution in [0, 0.1) is 5.92 Å². The number of unbranched alkanes of at least 4 members (excludes halogenated alkanes) is 15. The van der Waals surface area contributed by atoms with Crippen LogP contribution in [-0.2, 0) is 28.6 Å². The lowest BCUT2D eigenvalue weighted by Gasteiger charge is -2.19. The highest BCUT2D eigenvalue weighted by molar-refractivity contribution is 5.69. The summed E-state index contributed by atoms with van der Waals surface area (Å²) in [5.74, 6) is -0.252. The van der Waals surface area contributed by atoms with Gasteiger partial charge in [-0.15, -0.1) is 0 Å². The summed E-state index contributed by atoms with van der Waals surface area (Å²) in [4.78, 5) is 38.5. The van der Waals surface area contributed by atoms with Gasteiger partial charge in [0, 0.05) is 18.8 Å². The van der Waals surface area contributed by atoms with Gasteiger partial charge in [0.2, 0.25) is 0 Å². The fraction of sp³-hybridized carbons (Fsp3) is 0.841. The predicted octanol–water partition coefficient (Wildman–Crippen LogP) is 11.5. The first-order chi connectivity index (χ1) is 24.7. The molecule has 0 aromatic rings. The van der Waals surface area contributed by atoms with Crippen LogP contribution in [0.3, 0.4) is 0 Å². The molecule has 0 fully saturated rings. The molecule has 4 unspecified atom stereocenters. The first kappa shape index (κ1) is 49.0. The average molecular weight is 720 g/mol. The Morgan fingerprint density at radius 1 is 0.588 bits per heavy atom. The topological polar surface area (TPSA) is 82.1 Å². The SMILES string of the molecule is CCCCCCC=CC(C)OCC(C=O)CCCCCCC(CCCCCCCC(=O)OC(C)C=CCCCCCC)OC(=O)CCCN(C)C. The van der Waals surface area contributed by atoms with E-state index in [-0.39, 0.29) is 36.2 Å². The van der Waals surface area contributed by atoms with Crippen LogP contribution in [0.2, 0.25) is 0 Å². The third kappa shape index (κ3) is 34.8. The molecule has 7 heteroatoms. The van der Waals surface area contributed by atoms with Gasteiger partial charge in [0.05, 0.1) is 12.7 Å². The molecule has 0 aliphatic rings. The molecule has 0 aromatic carbocycles. The number of carbonyl (C=O) groups is 3. The van der Waals surface area contributed by atoms with Crippen LogP contribution in [0.15, 0.2) is 24.3 Å². The van der Waals surface area contributed by atoms with Crippen LogP contribution in [0.4, 0.5) is 0 Å². The number of hydrogen-bond acceptors (Lipinski definition) is 7. The van der Waals surface area contributed by atoms with Gasteiger partial charge >= 0.3 is 11.9 Å². The largest absolute Gasteiger partial charge is 0.462 e. The number of aldehydes is 1. The summed E-state index contributed by atoms with van der Waals surface area (Å²) in [5.41, 5.74) is 0. The van der Waals surface area contributed by atoms with E-state index in [1.165, 1.54) is 51.4 Å². The quantitative estimate of drug-likeness (QED) is 0.0273. The highest BCUT2D eigenvalue weighted by atomic mass is 16.5. The van der Waals surface area contributed by atoms with Crippen molar-refractivity contribution in [3.05, 3.63) is 24.3 Å². The number of allylic oxidation sites excluding steroid dienone is 2. The van der Waals surface area contributed by atoms with Crippen LogP contribution in [0.1, 0.15) is 188 Å². The number of nitrogens with zero attached hydrogens (tertiary/aromatic N) is 1. The van der Waals surface area contributed by atoms with Gasteiger partial charge in [-0.3, -0.25) is 9.59 Å². The zero-order valence-corrected chi connectivity index (χ0v) is 34.2. The summed E-state index contributed by atoms with van der Waals surface area (Å²) >= 11 is 0. The Balaban J connectivity index is 4.34. The fourth-order valence-electron chi connectivity index (χ4n) is 6.13. The molecule has 0 amide bonds. The molecule has 0 saturated carbocycles. The first-order valence-corrected chi connectivity index (χ1v) is 21.2. The van der Waals surface area contributed by atoms with Crippen LogP contribution in [0.25, 0.3) is 0 Å². The Hall–Kier alpha value is -1.99. The van der Waals surface area contributed by atoms with Gasteiger partial charge in [0.15, 0.2) is 0 Å². The molecule has 0 saturated heterocycles. The van der Waals surface area contributed by atoms with Gasteiger partial charge in [-0.2, -0.15) is 0 Å². The second kappa shape index (κ2) is 36.4. The van der Waals surface area contributed by atoms with E-state index in [2.05, 4.69) is 37.0 Å². The van der Waals surface area contributed by atoms with Crippen molar-refractivity contribution in [1.29, 1.82) is 0 Å². The van der Waals surface area contributed by atoms with Crippen LogP contribution >= 0.6 is 0 Å². The lowest BCUT2D eigenvalue weighted by atomic mass is 10.00. The molecule has 7 nitrogen and oxygen atoms in total. The number of ether oxygens (including phenoxy) is 3. The van der Waals surface area contributed by atoms with E-state index in [0.717, 1.165) is 109 Å². The summed E-state index contributed by atoms with van der Waals surface area (Å²) in [7, 11) is 4.04. The number of carbonyl (C=O) groups excluding carboxylic acids is 3. The lowest BCUT2D eigenvalue weighted by molar-refractivity contribution is -0.150. The van der Waals surface area contributed by atoms with E-state index < -0.39 is 0 Å². The second-order valence-corrected chi connectivity index (χ2v) is 15.0. The second-order valence-electron chi connectivity index (χ2n) is 15.0. The van der Waals surface area contributed by atoms with Crippen LogP contribution in [-0.4, -0.2) is 68.7 Å². The molecule has 0 heterocycles. The maximum atomic E-state index is 12.6. The molecule has 0 spiro atoms. The highest BCUT2D eigenvalue weighted by Gasteiger charge is 2.15. The van der Waals surface area contributed by atoms with Crippen LogP contribution < -0.4 is 0 Å². The molecule has 0 aromatic heterocycles. The summed E-state index contributed by atoms with van der Waals surface area (Å²) in [5, 5.41) is 0. The van der Waals surface area contributed by atoms with Gasteiger partial charge < -0.3 is 23.9 Å². The van der Waals surface area contributed by atoms with Gasteiger partial charge in [-0.05, 0) is 111 Å². The fourth-order valence-corrected chi connectivity index (χ4v) is 6.13. The number of hydrogen-bond donors (Lipinski definition) is 0. The molecule has 51 heavy (non-hydrogen) atoms. The predicted molar refractivity (Wildman–Crippen MR) is 214 cm³/mol. The monoisotopic (exact) mass is 720 g/mol. The number of rotatable bonds is 37. The van der Waals surface area contributed by atoms with Gasteiger partial charge in [0.25, 0.3) is 0 Å². The zero-order chi connectivity index (χ0) is 37.8. The van der Waals surface area contributed by atoms with E-state index in [0.29, 0.717) is 19.4 Å². The van der Waals surface area contributed by atoms with Crippen molar-refractivity contribution in [1.82, 2.24) is 4.90 Å². The Labute approximate surface area is 315 Å². The van der Waals surface area contributed by atoms with Crippen molar-refractivity contribution in [2.75, 3.05) is 27.2 Å². The molecular weight excluding hydrogens is 638 g/mol. The van der Waals surface area contributed by atoms with E-state index in [1.54, 1.807) is 0 Å². The molecule has 0 aliphatic carbocycles. The van der Waals surface area contributed by atoms with Crippen LogP contribution in [0.5, 0.6) is 0 Å². The van der Waals surface area contributed by atoms with E-state index in [9.17, 15) is 14.4 Å². The minimum absolute atomic E-state index is 0.0367. The zero-order valence-electron chi connectivity index (χ0n) is 34.2. The Kier molecular flexibility index (Phi) is 35.0. The minimum Gasteiger partial charge on any atom is -0.462 e. The smallest absolute Gasteiger partial charge is 0.306 e. The Bertz CT molecular complexity index is 872. The maximum absolute atomic E-state index is 12.6. The van der Waals surface area contributed by atoms with Gasteiger partial charge in [-0.1, -0.05) is 109 Å². The molecule has 0 bridgehead atoms. The van der Waals surface area contributed by atoms with Crippen molar-refractivity contribution in [2.45, 2.75) is 207 Å². The van der Waals surface area contributed by atoms with E-state index in [1.807, 2.05) is 34.0 Å². The normalized spacial score (nSPS) is 14.3. The molecular formula is C44H81NO6. The molecule has 0 aliphatic heterocycles. The summed E-state index contributed by atoms with van der Waals surface area (Å²) in [6.07, 6.45) is 35.1. The Morgan fingerprint density at radius 3 is 1.65 bits per heavy atom. The lowest BCUT2D eigenvalue weighted by Crippen LogP contribution is -2.20. The first-order valence-electron chi connectivity index (χ1n) is 21.2.